The Morgan fingerprint density at radius 2 is 2.13 bits per heavy atom. The molecule has 1 aliphatic rings. The molecule has 0 aromatic carbocycles. The Balaban J connectivity index is 1.97. The molecule has 1 atom stereocenters. The smallest absolute Gasteiger partial charge is 0.191 e. The molecule has 6 heteroatoms. The first-order valence-electron chi connectivity index (χ1n) is 8.46. The Labute approximate surface area is 139 Å². The molecule has 1 unspecified atom stereocenters. The molecule has 2 N–H and O–H groups in total. The fraction of sp³-hybridized carbons (Fsp3) is 0.765. The maximum atomic E-state index is 5.30. The van der Waals surface area contributed by atoms with Gasteiger partial charge >= 0.3 is 0 Å². The van der Waals surface area contributed by atoms with Crippen LogP contribution in [0.5, 0.6) is 0 Å². The van der Waals surface area contributed by atoms with Crippen LogP contribution in [0, 0.1) is 19.3 Å². The van der Waals surface area contributed by atoms with Crippen molar-refractivity contribution in [2.45, 2.75) is 47.1 Å². The summed E-state index contributed by atoms with van der Waals surface area (Å²) in [4.78, 5) is 4.73. The number of hydrogen-bond acceptors (Lipinski definition) is 3. The third-order valence-corrected chi connectivity index (χ3v) is 4.42. The first-order chi connectivity index (χ1) is 10.8. The topological polar surface area (TPSA) is 63.5 Å². The van der Waals surface area contributed by atoms with E-state index in [4.69, 9.17) is 9.73 Å². The minimum atomic E-state index is 0.197. The monoisotopic (exact) mass is 321 g/mol. The van der Waals surface area contributed by atoms with Gasteiger partial charge in [0.05, 0.1) is 25.5 Å². The normalized spacial score (nSPS) is 18.4. The summed E-state index contributed by atoms with van der Waals surface area (Å²) in [7, 11) is 2.00. The van der Waals surface area contributed by atoms with E-state index in [0.29, 0.717) is 6.04 Å². The summed E-state index contributed by atoms with van der Waals surface area (Å²) in [6, 6.07) is 0.292. The molecular weight excluding hydrogens is 290 g/mol. The summed E-state index contributed by atoms with van der Waals surface area (Å²) in [5.74, 6) is 0.882. The molecule has 1 aliphatic heterocycles. The van der Waals surface area contributed by atoms with Gasteiger partial charge in [0.15, 0.2) is 5.96 Å². The summed E-state index contributed by atoms with van der Waals surface area (Å²) in [6.45, 7) is 14.0. The third kappa shape index (κ3) is 4.47. The SMILES string of the molecule is CCNC(=NCC1(C)COC1)NC(C)Cc1c(C)nn(C)c1C. The van der Waals surface area contributed by atoms with Crippen LogP contribution in [0.15, 0.2) is 4.99 Å². The molecule has 0 aliphatic carbocycles. The van der Waals surface area contributed by atoms with E-state index in [0.717, 1.165) is 44.4 Å². The highest BCUT2D eigenvalue weighted by molar-refractivity contribution is 5.80. The molecule has 130 valence electrons. The van der Waals surface area contributed by atoms with Crippen molar-refractivity contribution in [2.24, 2.45) is 17.5 Å². The molecule has 0 bridgehead atoms. The zero-order valence-electron chi connectivity index (χ0n) is 15.4. The highest BCUT2D eigenvalue weighted by atomic mass is 16.5. The molecule has 2 rings (SSSR count). The van der Waals surface area contributed by atoms with Crippen molar-refractivity contribution in [3.05, 3.63) is 17.0 Å². The number of guanidine groups is 1. The van der Waals surface area contributed by atoms with Crippen LogP contribution in [-0.4, -0.2) is 48.1 Å². The number of nitrogens with zero attached hydrogens (tertiary/aromatic N) is 3. The van der Waals surface area contributed by atoms with Gasteiger partial charge in [0.2, 0.25) is 0 Å². The van der Waals surface area contributed by atoms with Crippen molar-refractivity contribution in [3.8, 4) is 0 Å². The predicted molar refractivity (Wildman–Crippen MR) is 93.9 cm³/mol. The molecule has 1 aromatic rings. The standard InChI is InChI=1S/C17H31N5O/c1-7-18-16(19-9-17(5)10-23-11-17)20-12(2)8-15-13(3)21-22(6)14(15)4/h12H,7-11H2,1-6H3,(H2,18,19,20). The summed E-state index contributed by atoms with van der Waals surface area (Å²) >= 11 is 0. The van der Waals surface area contributed by atoms with E-state index in [1.807, 2.05) is 11.7 Å². The molecule has 0 radical (unpaired) electrons. The fourth-order valence-electron chi connectivity index (χ4n) is 2.84. The summed E-state index contributed by atoms with van der Waals surface area (Å²) in [5, 5.41) is 11.3. The predicted octanol–water partition coefficient (Wildman–Crippen LogP) is 1.56. The second-order valence-electron chi connectivity index (χ2n) is 7.02. The van der Waals surface area contributed by atoms with Crippen molar-refractivity contribution in [1.29, 1.82) is 0 Å². The molecule has 23 heavy (non-hydrogen) atoms. The van der Waals surface area contributed by atoms with Crippen LogP contribution in [0.25, 0.3) is 0 Å². The number of nitrogens with one attached hydrogen (secondary N) is 2. The second kappa shape index (κ2) is 7.34. The van der Waals surface area contributed by atoms with Crippen molar-refractivity contribution in [2.75, 3.05) is 26.3 Å². The lowest BCUT2D eigenvalue weighted by atomic mass is 9.89. The number of hydrogen-bond donors (Lipinski definition) is 2. The number of aromatic nitrogens is 2. The van der Waals surface area contributed by atoms with Crippen LogP contribution < -0.4 is 10.6 Å². The Kier molecular flexibility index (Phi) is 5.68. The van der Waals surface area contributed by atoms with Crippen molar-refractivity contribution in [1.82, 2.24) is 20.4 Å². The van der Waals surface area contributed by atoms with Crippen LogP contribution in [-0.2, 0) is 18.2 Å². The van der Waals surface area contributed by atoms with Crippen molar-refractivity contribution in [3.63, 3.8) is 0 Å². The van der Waals surface area contributed by atoms with Crippen LogP contribution in [0.3, 0.4) is 0 Å². The van der Waals surface area contributed by atoms with Crippen LogP contribution >= 0.6 is 0 Å². The molecule has 1 saturated heterocycles. The summed E-state index contributed by atoms with van der Waals surface area (Å²) < 4.78 is 7.25. The lowest BCUT2D eigenvalue weighted by molar-refractivity contribution is -0.0945. The molecule has 6 nitrogen and oxygen atoms in total. The lowest BCUT2D eigenvalue weighted by Gasteiger charge is -2.36. The molecule has 1 fully saturated rings. The van der Waals surface area contributed by atoms with Gasteiger partial charge < -0.3 is 15.4 Å². The van der Waals surface area contributed by atoms with Gasteiger partial charge in [0.25, 0.3) is 0 Å². The summed E-state index contributed by atoms with van der Waals surface area (Å²) in [6.07, 6.45) is 0.941. The molecule has 0 spiro atoms. The van der Waals surface area contributed by atoms with Crippen molar-refractivity contribution < 1.29 is 4.74 Å². The highest BCUT2D eigenvalue weighted by Crippen LogP contribution is 2.26. The van der Waals surface area contributed by atoms with E-state index in [-0.39, 0.29) is 5.41 Å². The molecule has 2 heterocycles. The average molecular weight is 321 g/mol. The summed E-state index contributed by atoms with van der Waals surface area (Å²) in [5.41, 5.74) is 3.86. The number of aliphatic imine (C=N–C) groups is 1. The highest BCUT2D eigenvalue weighted by Gasteiger charge is 2.33. The van der Waals surface area contributed by atoms with Gasteiger partial charge in [-0.3, -0.25) is 9.67 Å². The zero-order valence-corrected chi connectivity index (χ0v) is 15.4. The van der Waals surface area contributed by atoms with Crippen LogP contribution in [0.4, 0.5) is 0 Å². The van der Waals surface area contributed by atoms with E-state index < -0.39 is 0 Å². The largest absolute Gasteiger partial charge is 0.380 e. The average Bonchev–Trinajstić information content (AvgIpc) is 2.69. The Hall–Kier alpha value is -1.56. The molecule has 1 aromatic heterocycles. The Morgan fingerprint density at radius 1 is 1.43 bits per heavy atom. The first kappa shape index (κ1) is 17.8. The Bertz CT molecular complexity index is 560. The van der Waals surface area contributed by atoms with E-state index in [1.165, 1.54) is 11.3 Å². The maximum absolute atomic E-state index is 5.30. The second-order valence-corrected chi connectivity index (χ2v) is 7.02. The Morgan fingerprint density at radius 3 is 2.61 bits per heavy atom. The van der Waals surface area contributed by atoms with Gasteiger partial charge in [-0.2, -0.15) is 5.10 Å². The third-order valence-electron chi connectivity index (χ3n) is 4.42. The van der Waals surface area contributed by atoms with Gasteiger partial charge in [-0.25, -0.2) is 0 Å². The number of aryl methyl sites for hydroxylation is 2. The number of rotatable bonds is 6. The van der Waals surface area contributed by atoms with E-state index in [1.54, 1.807) is 0 Å². The van der Waals surface area contributed by atoms with Crippen molar-refractivity contribution >= 4 is 5.96 Å². The fourth-order valence-corrected chi connectivity index (χ4v) is 2.84. The molecular formula is C17H31N5O. The molecule has 0 saturated carbocycles. The van der Waals surface area contributed by atoms with Gasteiger partial charge in [0, 0.05) is 30.7 Å². The lowest BCUT2D eigenvalue weighted by Crippen LogP contribution is -2.46. The maximum Gasteiger partial charge on any atom is 0.191 e. The number of ether oxygens (including phenoxy) is 1. The molecule has 0 amide bonds. The quantitative estimate of drug-likeness (QED) is 0.616. The van der Waals surface area contributed by atoms with E-state index in [9.17, 15) is 0 Å². The van der Waals surface area contributed by atoms with Gasteiger partial charge in [0.1, 0.15) is 0 Å². The minimum absolute atomic E-state index is 0.197. The van der Waals surface area contributed by atoms with Crippen LogP contribution in [0.1, 0.15) is 37.7 Å². The zero-order chi connectivity index (χ0) is 17.0. The first-order valence-corrected chi connectivity index (χ1v) is 8.46. The minimum Gasteiger partial charge on any atom is -0.380 e. The van der Waals surface area contributed by atoms with Gasteiger partial charge in [-0.15, -0.1) is 0 Å². The van der Waals surface area contributed by atoms with Crippen LogP contribution in [0.2, 0.25) is 0 Å². The van der Waals surface area contributed by atoms with E-state index in [2.05, 4.69) is 50.4 Å². The van der Waals surface area contributed by atoms with Gasteiger partial charge in [-0.05, 0) is 39.7 Å². The van der Waals surface area contributed by atoms with Gasteiger partial charge in [-0.1, -0.05) is 6.92 Å². The van der Waals surface area contributed by atoms with E-state index >= 15 is 0 Å².